The fourth-order valence-electron chi connectivity index (χ4n) is 4.06. The van der Waals surface area contributed by atoms with Crippen molar-refractivity contribution in [1.29, 1.82) is 0 Å². The number of rotatable bonds is 4. The molecule has 0 aromatic heterocycles. The molecule has 0 radical (unpaired) electrons. The van der Waals surface area contributed by atoms with Crippen LogP contribution in [-0.2, 0) is 19.5 Å². The first-order chi connectivity index (χ1) is 14.5. The quantitative estimate of drug-likeness (QED) is 0.664. The number of morpholine rings is 2. The molecule has 9 heteroatoms. The second kappa shape index (κ2) is 9.05. The minimum Gasteiger partial charge on any atom is -0.379 e. The molecule has 3 aliphatic heterocycles. The van der Waals surface area contributed by atoms with Gasteiger partial charge in [-0.15, -0.1) is 0 Å². The zero-order chi connectivity index (χ0) is 21.1. The molecule has 8 nitrogen and oxygen atoms in total. The predicted molar refractivity (Wildman–Crippen MR) is 113 cm³/mol. The normalized spacial score (nSPS) is 21.7. The van der Waals surface area contributed by atoms with Gasteiger partial charge in [0.1, 0.15) is 0 Å². The summed E-state index contributed by atoms with van der Waals surface area (Å²) in [5.41, 5.74) is 2.36. The number of nitrogens with zero attached hydrogens (tertiary/aromatic N) is 3. The molecule has 164 valence electrons. The van der Waals surface area contributed by atoms with Crippen LogP contribution < -0.4 is 4.90 Å². The van der Waals surface area contributed by atoms with Crippen LogP contribution in [-0.4, -0.2) is 89.2 Å². The standard InChI is InChI=1S/C21H29N3O5S/c1-17-4-6-23(7-5-17)21(25)19-16-18(30(26,27)24-10-14-29-15-11-24)2-3-20(19)22-8-12-28-13-9-22/h2-3,16H,1,4-15H2. The number of carbonyl (C=O) groups is 1. The summed E-state index contributed by atoms with van der Waals surface area (Å²) in [5, 5.41) is 0. The molecule has 3 saturated heterocycles. The molecule has 3 heterocycles. The summed E-state index contributed by atoms with van der Waals surface area (Å²) in [6.45, 7) is 9.18. The third-order valence-electron chi connectivity index (χ3n) is 5.92. The van der Waals surface area contributed by atoms with E-state index in [1.54, 1.807) is 23.1 Å². The highest BCUT2D eigenvalue weighted by Crippen LogP contribution is 2.29. The molecule has 1 aromatic carbocycles. The van der Waals surface area contributed by atoms with Gasteiger partial charge in [0, 0.05) is 45.0 Å². The number of ether oxygens (including phenoxy) is 2. The van der Waals surface area contributed by atoms with Crippen LogP contribution in [0.1, 0.15) is 23.2 Å². The highest BCUT2D eigenvalue weighted by molar-refractivity contribution is 7.89. The molecule has 3 aliphatic rings. The molecular weight excluding hydrogens is 406 g/mol. The Bertz CT molecular complexity index is 895. The van der Waals surface area contributed by atoms with E-state index in [0.717, 1.165) is 24.1 Å². The Balaban J connectivity index is 1.69. The van der Waals surface area contributed by atoms with Crippen LogP contribution in [0.4, 0.5) is 5.69 Å². The van der Waals surface area contributed by atoms with Crippen LogP contribution in [0.25, 0.3) is 0 Å². The molecule has 0 spiro atoms. The van der Waals surface area contributed by atoms with Crippen molar-refractivity contribution in [3.63, 3.8) is 0 Å². The van der Waals surface area contributed by atoms with Gasteiger partial charge in [-0.2, -0.15) is 4.31 Å². The van der Waals surface area contributed by atoms with Crippen LogP contribution in [0, 0.1) is 0 Å². The Morgan fingerprint density at radius 2 is 1.50 bits per heavy atom. The smallest absolute Gasteiger partial charge is 0.256 e. The van der Waals surface area contributed by atoms with Gasteiger partial charge in [-0.3, -0.25) is 4.79 Å². The lowest BCUT2D eigenvalue weighted by Crippen LogP contribution is -2.41. The molecular formula is C21H29N3O5S. The van der Waals surface area contributed by atoms with Crippen LogP contribution in [0.15, 0.2) is 35.2 Å². The molecule has 0 saturated carbocycles. The average molecular weight is 436 g/mol. The molecule has 0 unspecified atom stereocenters. The Kier molecular flexibility index (Phi) is 6.43. The topological polar surface area (TPSA) is 79.4 Å². The van der Waals surface area contributed by atoms with Crippen molar-refractivity contribution in [2.45, 2.75) is 17.7 Å². The molecule has 1 amide bonds. The molecule has 3 fully saturated rings. The summed E-state index contributed by atoms with van der Waals surface area (Å²) >= 11 is 0. The molecule has 1 aromatic rings. The minimum atomic E-state index is -3.68. The summed E-state index contributed by atoms with van der Waals surface area (Å²) in [4.78, 5) is 17.5. The number of likely N-dealkylation sites (tertiary alicyclic amines) is 1. The van der Waals surface area contributed by atoms with Crippen LogP contribution in [0.2, 0.25) is 0 Å². The monoisotopic (exact) mass is 435 g/mol. The maximum atomic E-state index is 13.4. The van der Waals surface area contributed by atoms with Crippen LogP contribution in [0.3, 0.4) is 0 Å². The van der Waals surface area contributed by atoms with E-state index in [0.29, 0.717) is 71.3 Å². The zero-order valence-corrected chi connectivity index (χ0v) is 18.0. The highest BCUT2D eigenvalue weighted by Gasteiger charge is 2.30. The van der Waals surface area contributed by atoms with Gasteiger partial charge in [-0.25, -0.2) is 8.42 Å². The Hall–Kier alpha value is -1.94. The molecule has 30 heavy (non-hydrogen) atoms. The third kappa shape index (κ3) is 4.39. The van der Waals surface area contributed by atoms with Crippen LogP contribution in [0.5, 0.6) is 0 Å². The molecule has 0 N–H and O–H groups in total. The second-order valence-electron chi connectivity index (χ2n) is 7.84. The van der Waals surface area contributed by atoms with E-state index in [9.17, 15) is 13.2 Å². The number of carbonyl (C=O) groups excluding carboxylic acids is 1. The minimum absolute atomic E-state index is 0.122. The first-order valence-corrected chi connectivity index (χ1v) is 11.9. The van der Waals surface area contributed by atoms with Gasteiger partial charge in [0.05, 0.1) is 36.9 Å². The van der Waals surface area contributed by atoms with Crippen molar-refractivity contribution in [2.75, 3.05) is 70.6 Å². The van der Waals surface area contributed by atoms with E-state index in [1.165, 1.54) is 4.31 Å². The van der Waals surface area contributed by atoms with Crippen molar-refractivity contribution < 1.29 is 22.7 Å². The van der Waals surface area contributed by atoms with Gasteiger partial charge in [0.25, 0.3) is 5.91 Å². The fraction of sp³-hybridized carbons (Fsp3) is 0.571. The van der Waals surface area contributed by atoms with Gasteiger partial charge >= 0.3 is 0 Å². The molecule has 4 rings (SSSR count). The summed E-state index contributed by atoms with van der Waals surface area (Å²) in [6, 6.07) is 4.94. The lowest BCUT2D eigenvalue weighted by Gasteiger charge is -2.33. The van der Waals surface area contributed by atoms with Crippen molar-refractivity contribution in [2.24, 2.45) is 0 Å². The zero-order valence-electron chi connectivity index (χ0n) is 17.2. The van der Waals surface area contributed by atoms with Gasteiger partial charge in [-0.05, 0) is 31.0 Å². The Labute approximate surface area is 178 Å². The number of anilines is 1. The van der Waals surface area contributed by atoms with Crippen molar-refractivity contribution in [3.05, 3.63) is 35.9 Å². The van der Waals surface area contributed by atoms with Gasteiger partial charge in [0.2, 0.25) is 10.0 Å². The number of hydrogen-bond acceptors (Lipinski definition) is 6. The van der Waals surface area contributed by atoms with E-state index < -0.39 is 10.0 Å². The third-order valence-corrected chi connectivity index (χ3v) is 7.81. The average Bonchev–Trinajstić information content (AvgIpc) is 2.80. The maximum absolute atomic E-state index is 13.4. The van der Waals surface area contributed by atoms with Crippen molar-refractivity contribution in [1.82, 2.24) is 9.21 Å². The van der Waals surface area contributed by atoms with E-state index in [2.05, 4.69) is 11.5 Å². The van der Waals surface area contributed by atoms with E-state index in [-0.39, 0.29) is 10.8 Å². The lowest BCUT2D eigenvalue weighted by atomic mass is 10.0. The van der Waals surface area contributed by atoms with E-state index >= 15 is 0 Å². The number of amides is 1. The predicted octanol–water partition coefficient (Wildman–Crippen LogP) is 1.34. The number of hydrogen-bond donors (Lipinski definition) is 0. The summed E-state index contributed by atoms with van der Waals surface area (Å²) in [7, 11) is -3.68. The first-order valence-electron chi connectivity index (χ1n) is 10.5. The highest BCUT2D eigenvalue weighted by atomic mass is 32.2. The molecule has 0 bridgehead atoms. The molecule has 0 aliphatic carbocycles. The summed E-state index contributed by atoms with van der Waals surface area (Å²) in [5.74, 6) is -0.122. The van der Waals surface area contributed by atoms with Crippen molar-refractivity contribution >= 4 is 21.6 Å². The van der Waals surface area contributed by atoms with Gasteiger partial charge in [0.15, 0.2) is 0 Å². The SMILES string of the molecule is C=C1CCN(C(=O)c2cc(S(=O)(=O)N3CCOCC3)ccc2N2CCOCC2)CC1. The van der Waals surface area contributed by atoms with Gasteiger partial charge in [-0.1, -0.05) is 12.2 Å². The van der Waals surface area contributed by atoms with Gasteiger partial charge < -0.3 is 19.3 Å². The second-order valence-corrected chi connectivity index (χ2v) is 9.77. The molecule has 0 atom stereocenters. The maximum Gasteiger partial charge on any atom is 0.256 e. The first kappa shape index (κ1) is 21.3. The number of sulfonamides is 1. The summed E-state index contributed by atoms with van der Waals surface area (Å²) < 4.78 is 38.5. The van der Waals surface area contributed by atoms with Crippen molar-refractivity contribution in [3.8, 4) is 0 Å². The Morgan fingerprint density at radius 1 is 0.900 bits per heavy atom. The van der Waals surface area contributed by atoms with E-state index in [1.807, 2.05) is 0 Å². The van der Waals surface area contributed by atoms with E-state index in [4.69, 9.17) is 9.47 Å². The largest absolute Gasteiger partial charge is 0.379 e. The number of piperidine rings is 1. The lowest BCUT2D eigenvalue weighted by molar-refractivity contribution is 0.0729. The number of benzene rings is 1. The fourth-order valence-corrected chi connectivity index (χ4v) is 5.49. The van der Waals surface area contributed by atoms with Crippen LogP contribution >= 0.6 is 0 Å². The Morgan fingerprint density at radius 3 is 2.13 bits per heavy atom. The summed E-state index contributed by atoms with van der Waals surface area (Å²) in [6.07, 6.45) is 1.56.